The van der Waals surface area contributed by atoms with Gasteiger partial charge in [0, 0.05) is 30.6 Å². The van der Waals surface area contributed by atoms with Gasteiger partial charge in [0.1, 0.15) is 17.3 Å². The first kappa shape index (κ1) is 15.6. The molecule has 23 heavy (non-hydrogen) atoms. The highest BCUT2D eigenvalue weighted by molar-refractivity contribution is 5.59. The summed E-state index contributed by atoms with van der Waals surface area (Å²) < 4.78 is 5.23. The highest BCUT2D eigenvalue weighted by Gasteiger charge is 2.23. The van der Waals surface area contributed by atoms with Crippen LogP contribution in [0.3, 0.4) is 0 Å². The maximum absolute atomic E-state index is 9.23. The Labute approximate surface area is 134 Å². The van der Waals surface area contributed by atoms with Crippen molar-refractivity contribution >= 4 is 5.82 Å². The molecule has 0 saturated carbocycles. The van der Waals surface area contributed by atoms with Crippen molar-refractivity contribution in [3.05, 3.63) is 29.6 Å². The van der Waals surface area contributed by atoms with E-state index in [1.807, 2.05) is 0 Å². The number of hydrogen-bond donors (Lipinski definition) is 2. The highest BCUT2D eigenvalue weighted by atomic mass is 16.5. The number of fused-ring (bicyclic) bond motifs is 1. The van der Waals surface area contributed by atoms with E-state index in [1.165, 1.54) is 0 Å². The molecule has 0 fully saturated rings. The van der Waals surface area contributed by atoms with Crippen molar-refractivity contribution in [1.29, 1.82) is 0 Å². The molecule has 2 aromatic heterocycles. The van der Waals surface area contributed by atoms with E-state index in [2.05, 4.69) is 15.0 Å². The Bertz CT molecular complexity index is 706. The van der Waals surface area contributed by atoms with E-state index in [-0.39, 0.29) is 6.54 Å². The van der Waals surface area contributed by atoms with Crippen LogP contribution >= 0.6 is 0 Å². The van der Waals surface area contributed by atoms with Gasteiger partial charge in [-0.1, -0.05) is 0 Å². The molecular weight excluding hydrogens is 296 g/mol. The Kier molecular flexibility index (Phi) is 4.40. The van der Waals surface area contributed by atoms with E-state index in [1.54, 1.807) is 37.4 Å². The van der Waals surface area contributed by atoms with Gasteiger partial charge in [-0.15, -0.1) is 0 Å². The Balaban J connectivity index is 2.05. The van der Waals surface area contributed by atoms with Crippen LogP contribution in [0.2, 0.25) is 0 Å². The second-order valence-electron chi connectivity index (χ2n) is 5.59. The Morgan fingerprint density at radius 2 is 2.13 bits per heavy atom. The number of hydrogen-bond acceptors (Lipinski definition) is 7. The third-order valence-corrected chi connectivity index (χ3v) is 3.91. The normalized spacial score (nSPS) is 13.3. The van der Waals surface area contributed by atoms with E-state index in [0.29, 0.717) is 17.3 Å². The summed E-state index contributed by atoms with van der Waals surface area (Å²) in [6, 6.07) is 3.56. The summed E-state index contributed by atoms with van der Waals surface area (Å²) in [6.07, 6.45) is 3.08. The first-order valence-corrected chi connectivity index (χ1v) is 7.56. The lowest BCUT2D eigenvalue weighted by molar-refractivity contribution is -0.0315. The lowest BCUT2D eigenvalue weighted by atomic mass is 10.2. The number of ether oxygens (including phenoxy) is 1. The minimum Gasteiger partial charge on any atom is -0.497 e. The van der Waals surface area contributed by atoms with Gasteiger partial charge in [0.2, 0.25) is 0 Å². The van der Waals surface area contributed by atoms with Crippen molar-refractivity contribution in [2.24, 2.45) is 0 Å². The summed E-state index contributed by atoms with van der Waals surface area (Å²) in [5.74, 6) is 1.96. The minimum absolute atomic E-state index is 0.0917. The zero-order chi connectivity index (χ0) is 16.4. The molecule has 2 N–H and O–H groups in total. The van der Waals surface area contributed by atoms with Crippen LogP contribution in [-0.4, -0.2) is 52.2 Å². The van der Waals surface area contributed by atoms with Crippen molar-refractivity contribution in [3.8, 4) is 17.3 Å². The van der Waals surface area contributed by atoms with Crippen molar-refractivity contribution in [3.63, 3.8) is 0 Å². The molecular formula is C16H20N4O3. The van der Waals surface area contributed by atoms with Crippen LogP contribution in [-0.2, 0) is 12.8 Å². The second-order valence-corrected chi connectivity index (χ2v) is 5.59. The summed E-state index contributed by atoms with van der Waals surface area (Å²) in [5.41, 5.74) is 2.73. The molecule has 122 valence electrons. The van der Waals surface area contributed by atoms with Crippen LogP contribution in [0.4, 0.5) is 5.82 Å². The second kappa shape index (κ2) is 6.47. The monoisotopic (exact) mass is 316 g/mol. The molecule has 0 aliphatic heterocycles. The maximum atomic E-state index is 9.23. The number of pyridine rings is 1. The first-order chi connectivity index (χ1) is 11.1. The molecule has 3 rings (SSSR count). The quantitative estimate of drug-likeness (QED) is 0.788. The average Bonchev–Trinajstić information content (AvgIpc) is 3.01. The lowest BCUT2D eigenvalue weighted by Crippen LogP contribution is -2.30. The van der Waals surface area contributed by atoms with Crippen LogP contribution < -0.4 is 9.64 Å². The number of nitrogens with zero attached hydrogens (tertiary/aromatic N) is 4. The molecule has 1 aliphatic rings. The molecule has 2 heterocycles. The third kappa shape index (κ3) is 3.25. The zero-order valence-electron chi connectivity index (χ0n) is 13.2. The van der Waals surface area contributed by atoms with Crippen molar-refractivity contribution in [1.82, 2.24) is 15.0 Å². The van der Waals surface area contributed by atoms with Gasteiger partial charge >= 0.3 is 0 Å². The van der Waals surface area contributed by atoms with E-state index in [9.17, 15) is 10.2 Å². The first-order valence-electron chi connectivity index (χ1n) is 7.56. The fourth-order valence-corrected chi connectivity index (χ4v) is 2.83. The summed E-state index contributed by atoms with van der Waals surface area (Å²) in [4.78, 5) is 15.3. The van der Waals surface area contributed by atoms with Crippen LogP contribution in [0.5, 0.6) is 5.75 Å². The number of aromatic nitrogens is 3. The predicted octanol–water partition coefficient (Wildman–Crippen LogP) is 0.783. The van der Waals surface area contributed by atoms with E-state index >= 15 is 0 Å². The van der Waals surface area contributed by atoms with Gasteiger partial charge in [-0.2, -0.15) is 0 Å². The number of aliphatic hydroxyl groups is 2. The van der Waals surface area contributed by atoms with Gasteiger partial charge in [-0.25, -0.2) is 9.97 Å². The van der Waals surface area contributed by atoms with E-state index < -0.39 is 6.29 Å². The number of aryl methyl sites for hydroxylation is 1. The molecule has 7 heteroatoms. The van der Waals surface area contributed by atoms with Gasteiger partial charge in [0.15, 0.2) is 12.1 Å². The van der Waals surface area contributed by atoms with Gasteiger partial charge in [-0.05, 0) is 25.3 Å². The average molecular weight is 316 g/mol. The Morgan fingerprint density at radius 3 is 2.87 bits per heavy atom. The molecule has 7 nitrogen and oxygen atoms in total. The van der Waals surface area contributed by atoms with E-state index in [0.717, 1.165) is 36.3 Å². The minimum atomic E-state index is -1.41. The van der Waals surface area contributed by atoms with Gasteiger partial charge in [0.25, 0.3) is 0 Å². The van der Waals surface area contributed by atoms with Crippen molar-refractivity contribution in [2.75, 3.05) is 25.6 Å². The predicted molar refractivity (Wildman–Crippen MR) is 85.3 cm³/mol. The molecule has 0 bridgehead atoms. The summed E-state index contributed by atoms with van der Waals surface area (Å²) in [5, 5.41) is 18.5. The fourth-order valence-electron chi connectivity index (χ4n) is 2.83. The molecule has 0 atom stereocenters. The Hall–Kier alpha value is -2.25. The third-order valence-electron chi connectivity index (χ3n) is 3.91. The van der Waals surface area contributed by atoms with Crippen LogP contribution in [0.1, 0.15) is 17.7 Å². The smallest absolute Gasteiger partial charge is 0.180 e. The molecule has 2 aromatic rings. The molecule has 0 radical (unpaired) electrons. The topological polar surface area (TPSA) is 91.6 Å². The number of anilines is 1. The van der Waals surface area contributed by atoms with Crippen LogP contribution in [0, 0.1) is 0 Å². The number of rotatable bonds is 5. The van der Waals surface area contributed by atoms with Crippen molar-refractivity contribution < 1.29 is 14.9 Å². The molecule has 0 amide bonds. The molecule has 0 spiro atoms. The molecule has 0 aromatic carbocycles. The largest absolute Gasteiger partial charge is 0.497 e. The summed E-state index contributed by atoms with van der Waals surface area (Å²) >= 11 is 0. The SMILES string of the molecule is COc1ccnc(-c2nc3c(c(N(C)CC(O)O)n2)CCC3)c1. The fraction of sp³-hybridized carbons (Fsp3) is 0.438. The van der Waals surface area contributed by atoms with Crippen LogP contribution in [0.25, 0.3) is 11.5 Å². The van der Waals surface area contributed by atoms with Crippen molar-refractivity contribution in [2.45, 2.75) is 25.6 Å². The maximum Gasteiger partial charge on any atom is 0.180 e. The van der Waals surface area contributed by atoms with Gasteiger partial charge < -0.3 is 19.8 Å². The van der Waals surface area contributed by atoms with Gasteiger partial charge in [0.05, 0.1) is 13.7 Å². The number of methoxy groups -OCH3 is 1. The standard InChI is InChI=1S/C16H20N4O3/c1-20(9-14(21)22)16-11-4-3-5-12(11)18-15(19-16)13-8-10(23-2)6-7-17-13/h6-8,14,21-22H,3-5,9H2,1-2H3. The number of likely N-dealkylation sites (N-methyl/N-ethyl adjacent to an activating group) is 1. The lowest BCUT2D eigenvalue weighted by Gasteiger charge is -2.22. The van der Waals surface area contributed by atoms with Crippen LogP contribution in [0.15, 0.2) is 18.3 Å². The number of aliphatic hydroxyl groups excluding tert-OH is 1. The molecule has 1 aliphatic carbocycles. The highest BCUT2D eigenvalue weighted by Crippen LogP contribution is 2.31. The van der Waals surface area contributed by atoms with Gasteiger partial charge in [-0.3, -0.25) is 4.98 Å². The summed E-state index contributed by atoms with van der Waals surface area (Å²) in [7, 11) is 3.40. The van der Waals surface area contributed by atoms with E-state index in [4.69, 9.17) is 4.74 Å². The Morgan fingerprint density at radius 1 is 1.30 bits per heavy atom. The summed E-state index contributed by atoms with van der Waals surface area (Å²) in [6.45, 7) is 0.0917. The molecule has 0 saturated heterocycles. The zero-order valence-corrected chi connectivity index (χ0v) is 13.2. The molecule has 0 unspecified atom stereocenters.